The number of methoxy groups -OCH3 is 1. The number of imide groups is 1. The molecule has 0 aliphatic carbocycles. The highest BCUT2D eigenvalue weighted by atomic mass is 16.7. The predicted octanol–water partition coefficient (Wildman–Crippen LogP) is 2.44. The zero-order valence-electron chi connectivity index (χ0n) is 20.3. The maximum absolute atomic E-state index is 13.2. The average molecular weight is 481 g/mol. The molecule has 0 saturated carbocycles. The number of nitrogens with one attached hydrogen (secondary N) is 1. The Morgan fingerprint density at radius 3 is 2.37 bits per heavy atom. The molecule has 186 valence electrons. The van der Waals surface area contributed by atoms with Crippen LogP contribution in [0, 0.1) is 0 Å². The van der Waals surface area contributed by atoms with Crippen molar-refractivity contribution in [2.45, 2.75) is 31.8 Å². The van der Waals surface area contributed by atoms with Gasteiger partial charge in [-0.05, 0) is 55.2 Å². The van der Waals surface area contributed by atoms with Gasteiger partial charge in [0.2, 0.25) is 6.79 Å². The van der Waals surface area contributed by atoms with Gasteiger partial charge in [0, 0.05) is 32.7 Å². The molecule has 0 radical (unpaired) electrons. The van der Waals surface area contributed by atoms with Crippen LogP contribution in [0.3, 0.4) is 0 Å². The summed E-state index contributed by atoms with van der Waals surface area (Å²) in [6.07, 6.45) is 1.24. The van der Waals surface area contributed by atoms with Gasteiger partial charge in [-0.1, -0.05) is 18.2 Å². The van der Waals surface area contributed by atoms with Gasteiger partial charge in [0.05, 0.1) is 13.8 Å². The molecular formula is C26H32N4O5. The van der Waals surface area contributed by atoms with Gasteiger partial charge < -0.3 is 19.5 Å². The Labute approximate surface area is 205 Å². The van der Waals surface area contributed by atoms with Crippen molar-refractivity contribution < 1.29 is 23.8 Å². The number of benzene rings is 2. The van der Waals surface area contributed by atoms with Crippen molar-refractivity contribution in [3.05, 3.63) is 53.6 Å². The number of nitrogens with zero attached hydrogens (tertiary/aromatic N) is 3. The molecule has 3 amide bonds. The van der Waals surface area contributed by atoms with Crippen LogP contribution < -0.4 is 19.5 Å². The Morgan fingerprint density at radius 1 is 0.943 bits per heavy atom. The summed E-state index contributed by atoms with van der Waals surface area (Å²) >= 11 is 0. The van der Waals surface area contributed by atoms with E-state index in [1.54, 1.807) is 7.11 Å². The van der Waals surface area contributed by atoms with Gasteiger partial charge in [-0.2, -0.15) is 0 Å². The van der Waals surface area contributed by atoms with E-state index >= 15 is 0 Å². The van der Waals surface area contributed by atoms with Crippen molar-refractivity contribution in [2.24, 2.45) is 0 Å². The predicted molar refractivity (Wildman–Crippen MR) is 129 cm³/mol. The van der Waals surface area contributed by atoms with Gasteiger partial charge >= 0.3 is 6.03 Å². The number of rotatable bonds is 8. The van der Waals surface area contributed by atoms with E-state index in [2.05, 4.69) is 21.2 Å². The van der Waals surface area contributed by atoms with Gasteiger partial charge in [0.1, 0.15) is 11.3 Å². The third-order valence-corrected chi connectivity index (χ3v) is 7.07. The number of amides is 3. The molecule has 3 heterocycles. The van der Waals surface area contributed by atoms with Crippen LogP contribution in [-0.2, 0) is 17.8 Å². The molecule has 2 fully saturated rings. The first-order valence-electron chi connectivity index (χ1n) is 12.0. The van der Waals surface area contributed by atoms with Crippen molar-refractivity contribution in [3.8, 4) is 17.2 Å². The lowest BCUT2D eigenvalue weighted by Gasteiger charge is -2.36. The number of hydrogen-bond acceptors (Lipinski definition) is 7. The van der Waals surface area contributed by atoms with E-state index in [-0.39, 0.29) is 18.7 Å². The monoisotopic (exact) mass is 480 g/mol. The Balaban J connectivity index is 1.11. The molecule has 9 nitrogen and oxygen atoms in total. The number of urea groups is 1. The highest BCUT2D eigenvalue weighted by Crippen LogP contribution is 2.33. The van der Waals surface area contributed by atoms with E-state index in [1.807, 2.05) is 43.3 Å². The van der Waals surface area contributed by atoms with E-state index in [4.69, 9.17) is 14.2 Å². The van der Waals surface area contributed by atoms with Gasteiger partial charge in [-0.15, -0.1) is 0 Å². The Kier molecular flexibility index (Phi) is 6.53. The number of aryl methyl sites for hydroxylation is 1. The molecule has 1 unspecified atom stereocenters. The maximum atomic E-state index is 13.2. The standard InChI is InChI=1S/C26H32N4O5/c1-26(10-9-19-3-6-21(33-2)7-4-19)24(31)30(25(32)27-26)17-29-13-11-28(12-14-29)16-20-5-8-22-23(15-20)35-18-34-22/h3-8,15H,9-14,16-18H2,1-2H3,(H,27,32). The summed E-state index contributed by atoms with van der Waals surface area (Å²) in [5.41, 5.74) is 1.40. The Bertz CT molecular complexity index is 1080. The molecule has 0 spiro atoms. The first-order chi connectivity index (χ1) is 16.9. The van der Waals surface area contributed by atoms with Crippen LogP contribution >= 0.6 is 0 Å². The summed E-state index contributed by atoms with van der Waals surface area (Å²) in [4.78, 5) is 31.8. The van der Waals surface area contributed by atoms with Crippen LogP contribution in [0.5, 0.6) is 17.2 Å². The normalized spacial score (nSPS) is 22.5. The van der Waals surface area contributed by atoms with Gasteiger partial charge in [-0.3, -0.25) is 14.6 Å². The number of fused-ring (bicyclic) bond motifs is 1. The van der Waals surface area contributed by atoms with Crippen LogP contribution in [-0.4, -0.2) is 78.9 Å². The van der Waals surface area contributed by atoms with E-state index < -0.39 is 5.54 Å². The summed E-state index contributed by atoms with van der Waals surface area (Å²) in [5.74, 6) is 2.24. The molecule has 1 atom stereocenters. The lowest BCUT2D eigenvalue weighted by Crippen LogP contribution is -2.51. The Morgan fingerprint density at radius 2 is 1.63 bits per heavy atom. The number of hydrogen-bond donors (Lipinski definition) is 1. The molecule has 2 aromatic rings. The quantitative estimate of drug-likeness (QED) is 0.581. The first kappa shape index (κ1) is 23.4. The van der Waals surface area contributed by atoms with Crippen molar-refractivity contribution in [1.29, 1.82) is 0 Å². The zero-order valence-corrected chi connectivity index (χ0v) is 20.3. The second-order valence-corrected chi connectivity index (χ2v) is 9.57. The van der Waals surface area contributed by atoms with Crippen molar-refractivity contribution in [3.63, 3.8) is 0 Å². The summed E-state index contributed by atoms with van der Waals surface area (Å²) < 4.78 is 16.1. The van der Waals surface area contributed by atoms with Crippen molar-refractivity contribution in [1.82, 2.24) is 20.0 Å². The minimum absolute atomic E-state index is 0.154. The lowest BCUT2D eigenvalue weighted by atomic mass is 9.93. The van der Waals surface area contributed by atoms with Crippen LogP contribution in [0.2, 0.25) is 0 Å². The van der Waals surface area contributed by atoms with E-state index in [1.165, 1.54) is 10.5 Å². The Hall–Kier alpha value is -3.30. The minimum atomic E-state index is -0.891. The van der Waals surface area contributed by atoms with Gasteiger partial charge in [0.25, 0.3) is 5.91 Å². The molecule has 9 heteroatoms. The zero-order chi connectivity index (χ0) is 24.4. The topological polar surface area (TPSA) is 83.6 Å². The van der Waals surface area contributed by atoms with Gasteiger partial charge in [0.15, 0.2) is 11.5 Å². The van der Waals surface area contributed by atoms with E-state index in [9.17, 15) is 9.59 Å². The van der Waals surface area contributed by atoms with Crippen LogP contribution in [0.25, 0.3) is 0 Å². The van der Waals surface area contributed by atoms with Crippen LogP contribution in [0.4, 0.5) is 4.79 Å². The molecule has 5 rings (SSSR count). The maximum Gasteiger partial charge on any atom is 0.326 e. The van der Waals surface area contributed by atoms with Gasteiger partial charge in [-0.25, -0.2) is 9.69 Å². The number of piperazine rings is 1. The smallest absolute Gasteiger partial charge is 0.326 e. The molecule has 3 aliphatic heterocycles. The largest absolute Gasteiger partial charge is 0.497 e. The molecule has 1 N–H and O–H groups in total. The molecule has 0 aromatic heterocycles. The molecule has 3 aliphatic rings. The number of carbonyl (C=O) groups is 2. The molecular weight excluding hydrogens is 448 g/mol. The van der Waals surface area contributed by atoms with Crippen molar-refractivity contribution in [2.75, 3.05) is 46.8 Å². The molecule has 2 saturated heterocycles. The van der Waals surface area contributed by atoms with Crippen LogP contribution in [0.15, 0.2) is 42.5 Å². The SMILES string of the molecule is COc1ccc(CCC2(C)NC(=O)N(CN3CCN(Cc4ccc5c(c4)OCO5)CC3)C2=O)cc1. The van der Waals surface area contributed by atoms with Crippen LogP contribution in [0.1, 0.15) is 24.5 Å². The van der Waals surface area contributed by atoms with E-state index in [0.29, 0.717) is 19.5 Å². The third-order valence-electron chi connectivity index (χ3n) is 7.07. The lowest BCUT2D eigenvalue weighted by molar-refractivity contribution is -0.132. The highest BCUT2D eigenvalue weighted by Gasteiger charge is 2.47. The number of ether oxygens (including phenoxy) is 3. The second-order valence-electron chi connectivity index (χ2n) is 9.57. The fourth-order valence-electron chi connectivity index (χ4n) is 4.82. The highest BCUT2D eigenvalue weighted by molar-refractivity contribution is 6.06. The molecule has 35 heavy (non-hydrogen) atoms. The second kappa shape index (κ2) is 9.75. The fraction of sp³-hybridized carbons (Fsp3) is 0.462. The van der Waals surface area contributed by atoms with E-state index in [0.717, 1.165) is 55.5 Å². The molecule has 2 aromatic carbocycles. The first-order valence-corrected chi connectivity index (χ1v) is 12.0. The fourth-order valence-corrected chi connectivity index (χ4v) is 4.82. The summed E-state index contributed by atoms with van der Waals surface area (Å²) in [7, 11) is 1.64. The summed E-state index contributed by atoms with van der Waals surface area (Å²) in [6, 6.07) is 13.5. The average Bonchev–Trinajstić information content (AvgIpc) is 3.42. The minimum Gasteiger partial charge on any atom is -0.497 e. The molecule has 0 bridgehead atoms. The van der Waals surface area contributed by atoms with Crippen molar-refractivity contribution >= 4 is 11.9 Å². The number of carbonyl (C=O) groups excluding carboxylic acids is 2. The summed E-state index contributed by atoms with van der Waals surface area (Å²) in [5, 5.41) is 2.93. The summed E-state index contributed by atoms with van der Waals surface area (Å²) in [6.45, 7) is 6.58. The third kappa shape index (κ3) is 5.06.